The lowest BCUT2D eigenvalue weighted by Gasteiger charge is -2.38. The number of aliphatic hydroxyl groups is 1. The van der Waals surface area contributed by atoms with Crippen LogP contribution in [0.5, 0.6) is 0 Å². The van der Waals surface area contributed by atoms with Gasteiger partial charge in [-0.2, -0.15) is 0 Å². The molecule has 0 saturated carbocycles. The summed E-state index contributed by atoms with van der Waals surface area (Å²) in [7, 11) is 0. The molecule has 0 aliphatic carbocycles. The smallest absolute Gasteiger partial charge is 0.338 e. The predicted octanol–water partition coefficient (Wildman–Crippen LogP) is 3.37. The van der Waals surface area contributed by atoms with Gasteiger partial charge in [0.15, 0.2) is 0 Å². The van der Waals surface area contributed by atoms with Crippen molar-refractivity contribution in [1.29, 1.82) is 0 Å². The fourth-order valence-electron chi connectivity index (χ4n) is 2.84. The molecule has 1 atom stereocenters. The van der Waals surface area contributed by atoms with Crippen molar-refractivity contribution in [2.24, 2.45) is 0 Å². The van der Waals surface area contributed by atoms with Gasteiger partial charge in [-0.05, 0) is 46.2 Å². The Labute approximate surface area is 144 Å². The van der Waals surface area contributed by atoms with Crippen molar-refractivity contribution >= 4 is 11.9 Å². The molecule has 0 fully saturated rings. The van der Waals surface area contributed by atoms with E-state index < -0.39 is 17.8 Å². The van der Waals surface area contributed by atoms with E-state index >= 15 is 0 Å². The van der Waals surface area contributed by atoms with Gasteiger partial charge in [-0.3, -0.25) is 4.79 Å². The van der Waals surface area contributed by atoms with E-state index in [9.17, 15) is 14.7 Å². The van der Waals surface area contributed by atoms with Crippen LogP contribution in [0.4, 0.5) is 0 Å². The lowest BCUT2D eigenvalue weighted by molar-refractivity contribution is -0.160. The van der Waals surface area contributed by atoms with E-state index in [4.69, 9.17) is 4.74 Å². The molecule has 0 heterocycles. The summed E-state index contributed by atoms with van der Waals surface area (Å²) in [4.78, 5) is 26.2. The zero-order chi connectivity index (χ0) is 18.3. The van der Waals surface area contributed by atoms with Gasteiger partial charge in [0.1, 0.15) is 11.8 Å². The second-order valence-electron chi connectivity index (χ2n) is 6.74. The maximum Gasteiger partial charge on any atom is 0.338 e. The van der Waals surface area contributed by atoms with E-state index in [1.807, 2.05) is 26.8 Å². The molecule has 1 aromatic rings. The summed E-state index contributed by atoms with van der Waals surface area (Å²) in [6.45, 7) is 8.83. The van der Waals surface area contributed by atoms with Gasteiger partial charge >= 0.3 is 5.97 Å². The number of rotatable bonds is 8. The standard InChI is InChI=1S/C19H29NO4/c1-6-10-16(24-18(22)15-11-8-7-9-12-15)13-17(21)20(14(2)3)19(4,5)23/h7-9,11-12,14,16,23H,6,10,13H2,1-5H3. The molecule has 5 nitrogen and oxygen atoms in total. The van der Waals surface area contributed by atoms with Crippen molar-refractivity contribution < 1.29 is 19.4 Å². The van der Waals surface area contributed by atoms with Crippen LogP contribution in [0, 0.1) is 0 Å². The Morgan fingerprint density at radius 1 is 1.21 bits per heavy atom. The Morgan fingerprint density at radius 2 is 1.79 bits per heavy atom. The highest BCUT2D eigenvalue weighted by atomic mass is 16.5. The molecule has 0 bridgehead atoms. The Hall–Kier alpha value is -1.88. The summed E-state index contributed by atoms with van der Waals surface area (Å²) in [5, 5.41) is 10.2. The average molecular weight is 335 g/mol. The van der Waals surface area contributed by atoms with Gasteiger partial charge < -0.3 is 14.7 Å². The van der Waals surface area contributed by atoms with Crippen molar-refractivity contribution in [2.45, 2.75) is 71.8 Å². The van der Waals surface area contributed by atoms with Crippen molar-refractivity contribution in [2.75, 3.05) is 0 Å². The van der Waals surface area contributed by atoms with Crippen LogP contribution in [0.1, 0.15) is 64.2 Å². The summed E-state index contributed by atoms with van der Waals surface area (Å²) in [5.41, 5.74) is -0.792. The summed E-state index contributed by atoms with van der Waals surface area (Å²) >= 11 is 0. The highest BCUT2D eigenvalue weighted by Crippen LogP contribution is 2.19. The molecular formula is C19H29NO4. The molecule has 1 amide bonds. The zero-order valence-electron chi connectivity index (χ0n) is 15.3. The van der Waals surface area contributed by atoms with Gasteiger partial charge in [-0.25, -0.2) is 4.79 Å². The number of nitrogens with zero attached hydrogens (tertiary/aromatic N) is 1. The summed E-state index contributed by atoms with van der Waals surface area (Å²) in [6.07, 6.45) is 0.958. The second kappa shape index (κ2) is 8.83. The molecule has 1 N–H and O–H groups in total. The van der Waals surface area contributed by atoms with Crippen LogP contribution < -0.4 is 0 Å². The molecule has 0 saturated heterocycles. The van der Waals surface area contributed by atoms with Crippen LogP contribution in [-0.4, -0.2) is 39.8 Å². The Kier molecular flexibility index (Phi) is 7.42. The third-order valence-electron chi connectivity index (χ3n) is 3.67. The number of hydrogen-bond acceptors (Lipinski definition) is 4. The number of ether oxygens (including phenoxy) is 1. The maximum atomic E-state index is 12.6. The number of carbonyl (C=O) groups excluding carboxylic acids is 2. The van der Waals surface area contributed by atoms with Crippen LogP contribution in [0.15, 0.2) is 30.3 Å². The predicted molar refractivity (Wildman–Crippen MR) is 93.5 cm³/mol. The van der Waals surface area contributed by atoms with Crippen molar-refractivity contribution in [3.8, 4) is 0 Å². The Balaban J connectivity index is 2.81. The summed E-state index contributed by atoms with van der Waals surface area (Å²) in [6, 6.07) is 8.59. The van der Waals surface area contributed by atoms with E-state index in [2.05, 4.69) is 0 Å². The minimum atomic E-state index is -1.26. The third-order valence-corrected chi connectivity index (χ3v) is 3.67. The van der Waals surface area contributed by atoms with Crippen molar-refractivity contribution in [3.05, 3.63) is 35.9 Å². The van der Waals surface area contributed by atoms with E-state index in [1.165, 1.54) is 4.90 Å². The quantitative estimate of drug-likeness (QED) is 0.584. The van der Waals surface area contributed by atoms with Crippen molar-refractivity contribution in [1.82, 2.24) is 4.90 Å². The number of esters is 1. The van der Waals surface area contributed by atoms with Crippen LogP contribution in [0.2, 0.25) is 0 Å². The summed E-state index contributed by atoms with van der Waals surface area (Å²) < 4.78 is 5.52. The molecule has 24 heavy (non-hydrogen) atoms. The molecular weight excluding hydrogens is 306 g/mol. The van der Waals surface area contributed by atoms with Crippen LogP contribution in [-0.2, 0) is 9.53 Å². The van der Waals surface area contributed by atoms with Gasteiger partial charge in [0, 0.05) is 6.04 Å². The van der Waals surface area contributed by atoms with Gasteiger partial charge in [0.25, 0.3) is 0 Å². The molecule has 0 aliphatic heterocycles. The number of amides is 1. The first-order chi connectivity index (χ1) is 11.2. The fraction of sp³-hybridized carbons (Fsp3) is 0.579. The van der Waals surface area contributed by atoms with E-state index in [0.717, 1.165) is 6.42 Å². The minimum Gasteiger partial charge on any atom is -0.458 e. The third kappa shape index (κ3) is 5.96. The van der Waals surface area contributed by atoms with Gasteiger partial charge in [-0.1, -0.05) is 31.5 Å². The van der Waals surface area contributed by atoms with Crippen LogP contribution in [0.25, 0.3) is 0 Å². The van der Waals surface area contributed by atoms with E-state index in [1.54, 1.807) is 38.1 Å². The van der Waals surface area contributed by atoms with Gasteiger partial charge in [0.2, 0.25) is 5.91 Å². The molecule has 1 rings (SSSR count). The van der Waals surface area contributed by atoms with Crippen LogP contribution in [0.3, 0.4) is 0 Å². The minimum absolute atomic E-state index is 0.0641. The topological polar surface area (TPSA) is 66.8 Å². The zero-order valence-corrected chi connectivity index (χ0v) is 15.3. The second-order valence-corrected chi connectivity index (χ2v) is 6.74. The number of benzene rings is 1. The molecule has 0 aromatic heterocycles. The molecule has 1 unspecified atom stereocenters. The molecule has 0 aliphatic rings. The Bertz CT molecular complexity index is 534. The molecule has 0 spiro atoms. The normalized spacial score (nSPS) is 12.8. The lowest BCUT2D eigenvalue weighted by atomic mass is 10.1. The molecule has 1 aromatic carbocycles. The number of carbonyl (C=O) groups is 2. The van der Waals surface area contributed by atoms with Gasteiger partial charge in [0.05, 0.1) is 12.0 Å². The lowest BCUT2D eigenvalue weighted by Crippen LogP contribution is -2.52. The van der Waals surface area contributed by atoms with E-state index in [-0.39, 0.29) is 18.4 Å². The average Bonchev–Trinajstić information content (AvgIpc) is 2.46. The first-order valence-corrected chi connectivity index (χ1v) is 8.47. The van der Waals surface area contributed by atoms with Gasteiger partial charge in [-0.15, -0.1) is 0 Å². The first-order valence-electron chi connectivity index (χ1n) is 8.47. The highest BCUT2D eigenvalue weighted by Gasteiger charge is 2.32. The molecule has 0 radical (unpaired) electrons. The SMILES string of the molecule is CCCC(CC(=O)N(C(C)C)C(C)(C)O)OC(=O)c1ccccc1. The Morgan fingerprint density at radius 3 is 2.25 bits per heavy atom. The highest BCUT2D eigenvalue weighted by molar-refractivity contribution is 5.89. The largest absolute Gasteiger partial charge is 0.458 e. The number of hydrogen-bond donors (Lipinski definition) is 1. The van der Waals surface area contributed by atoms with E-state index in [0.29, 0.717) is 12.0 Å². The fourth-order valence-corrected chi connectivity index (χ4v) is 2.84. The molecule has 134 valence electrons. The van der Waals surface area contributed by atoms with Crippen molar-refractivity contribution in [3.63, 3.8) is 0 Å². The maximum absolute atomic E-state index is 12.6. The monoisotopic (exact) mass is 335 g/mol. The summed E-state index contributed by atoms with van der Waals surface area (Å²) in [5.74, 6) is -0.655. The molecule has 5 heteroatoms. The first kappa shape index (κ1) is 20.2. The van der Waals surface area contributed by atoms with Crippen LogP contribution >= 0.6 is 0 Å².